The lowest BCUT2D eigenvalue weighted by Gasteiger charge is -2.25. The molecule has 0 spiro atoms. The Morgan fingerprint density at radius 1 is 0.926 bits per heavy atom. The second kappa shape index (κ2) is 16.1. The molecule has 5 heterocycles. The molecule has 1 fully saturated rings. The van der Waals surface area contributed by atoms with Gasteiger partial charge in [0.25, 0.3) is 11.8 Å². The highest BCUT2D eigenvalue weighted by molar-refractivity contribution is 5.97. The third-order valence-electron chi connectivity index (χ3n) is 9.97. The topological polar surface area (TPSA) is 207 Å². The molecule has 6 rings (SSSR count). The van der Waals surface area contributed by atoms with Crippen LogP contribution in [-0.4, -0.2) is 78.9 Å². The van der Waals surface area contributed by atoms with Crippen LogP contribution in [0.4, 0.5) is 0 Å². The van der Waals surface area contributed by atoms with Crippen molar-refractivity contribution in [3.63, 3.8) is 0 Å². The van der Waals surface area contributed by atoms with Crippen LogP contribution < -0.4 is 21.3 Å². The number of aryl methyl sites for hydroxylation is 2. The molecular formula is C38H47N9O7. The molecule has 2 aliphatic rings. The third-order valence-corrected chi connectivity index (χ3v) is 9.97. The molecule has 16 heteroatoms. The van der Waals surface area contributed by atoms with Crippen molar-refractivity contribution in [2.24, 2.45) is 5.92 Å². The standard InChI is InChI=1S/C38H47N9O7/c1-20(2)14-27-33(49)39-23(5)36-44-30(19-53-36)38(52)46-17-26(40-32(48)12-13-47-24(6)21(3)22(4)45-47)16-31(46)35(51)42-28(15-25-10-8-7-9-11-25)37-43-29(18-54-37)34(50)41-27/h7-11,18-20,23,26-28,31H,12-17H2,1-6H3,(H,39,49)(H,40,48)(H,41,50)(H,42,51)/t23-,26+,27-,28+,31+/m1/s1. The van der Waals surface area contributed by atoms with Gasteiger partial charge in [0.05, 0.1) is 5.69 Å². The molecule has 3 aromatic heterocycles. The lowest BCUT2D eigenvalue weighted by Crippen LogP contribution is -2.48. The van der Waals surface area contributed by atoms with Gasteiger partial charge in [0.1, 0.15) is 36.7 Å². The van der Waals surface area contributed by atoms with Gasteiger partial charge in [-0.15, -0.1) is 0 Å². The molecular weight excluding hydrogens is 694 g/mol. The van der Waals surface area contributed by atoms with E-state index in [0.717, 1.165) is 22.5 Å². The predicted octanol–water partition coefficient (Wildman–Crippen LogP) is 3.01. The summed E-state index contributed by atoms with van der Waals surface area (Å²) in [4.78, 5) is 78.7. The maximum absolute atomic E-state index is 14.3. The largest absolute Gasteiger partial charge is 0.446 e. The minimum atomic E-state index is -1.02. The Kier molecular flexibility index (Phi) is 11.3. The van der Waals surface area contributed by atoms with Gasteiger partial charge in [0, 0.05) is 37.7 Å². The van der Waals surface area contributed by atoms with E-state index in [1.807, 2.05) is 65.0 Å². The number of nitrogens with zero attached hydrogens (tertiary/aromatic N) is 5. The van der Waals surface area contributed by atoms with E-state index < -0.39 is 53.8 Å². The zero-order valence-corrected chi connectivity index (χ0v) is 31.3. The van der Waals surface area contributed by atoms with E-state index in [1.54, 1.807) is 11.6 Å². The third kappa shape index (κ3) is 8.53. The number of hydrogen-bond donors (Lipinski definition) is 4. The molecule has 5 atom stereocenters. The first kappa shape index (κ1) is 37.9. The molecule has 0 saturated carbocycles. The summed E-state index contributed by atoms with van der Waals surface area (Å²) in [5, 5.41) is 16.1. The fraction of sp³-hybridized carbons (Fsp3) is 0.474. The number of hydrogen-bond acceptors (Lipinski definition) is 10. The predicted molar refractivity (Wildman–Crippen MR) is 194 cm³/mol. The Morgan fingerprint density at radius 2 is 1.63 bits per heavy atom. The van der Waals surface area contributed by atoms with Crippen LogP contribution in [0.5, 0.6) is 0 Å². The summed E-state index contributed by atoms with van der Waals surface area (Å²) >= 11 is 0. The Balaban J connectivity index is 1.30. The van der Waals surface area contributed by atoms with Crippen LogP contribution in [0.3, 0.4) is 0 Å². The van der Waals surface area contributed by atoms with Gasteiger partial charge >= 0.3 is 0 Å². The first-order valence-electron chi connectivity index (χ1n) is 18.2. The van der Waals surface area contributed by atoms with Crippen molar-refractivity contribution in [3.8, 4) is 0 Å². The molecule has 0 aliphatic carbocycles. The Hall–Kier alpha value is -5.80. The summed E-state index contributed by atoms with van der Waals surface area (Å²) in [7, 11) is 0. The molecule has 4 bridgehead atoms. The number of benzene rings is 1. The number of amides is 5. The number of aromatic nitrogens is 4. The average Bonchev–Trinajstić information content (AvgIpc) is 3.95. The van der Waals surface area contributed by atoms with Crippen LogP contribution in [0.2, 0.25) is 0 Å². The zero-order valence-electron chi connectivity index (χ0n) is 31.3. The van der Waals surface area contributed by atoms with Gasteiger partial charge in [-0.25, -0.2) is 9.97 Å². The van der Waals surface area contributed by atoms with Crippen LogP contribution in [0.1, 0.15) is 107 Å². The second-order valence-electron chi connectivity index (χ2n) is 14.5. The van der Waals surface area contributed by atoms with Gasteiger partial charge < -0.3 is 35.0 Å². The SMILES string of the molecule is Cc1nn(CCC(=O)N[C@H]2C[C@H]3C(=O)N[C@@H](Cc4ccccc4)c4nc(co4)C(=O)N[C@H](CC(C)C)C(=O)N[C@H](C)c4nc(co4)C(=O)N3C2)c(C)c1C. The van der Waals surface area contributed by atoms with Crippen molar-refractivity contribution in [2.45, 2.75) is 104 Å². The van der Waals surface area contributed by atoms with Crippen LogP contribution in [0, 0.1) is 26.7 Å². The summed E-state index contributed by atoms with van der Waals surface area (Å²) in [5.74, 6) is -2.25. The molecule has 2 aliphatic heterocycles. The Bertz CT molecular complexity index is 2020. The number of carbonyl (C=O) groups excluding carboxylic acids is 5. The quantitative estimate of drug-likeness (QED) is 0.208. The molecule has 1 aromatic carbocycles. The van der Waals surface area contributed by atoms with Gasteiger partial charge in [-0.3, -0.25) is 28.7 Å². The molecule has 1 saturated heterocycles. The van der Waals surface area contributed by atoms with Crippen molar-refractivity contribution >= 4 is 29.5 Å². The van der Waals surface area contributed by atoms with E-state index in [2.05, 4.69) is 36.3 Å². The maximum Gasteiger partial charge on any atom is 0.276 e. The van der Waals surface area contributed by atoms with E-state index >= 15 is 0 Å². The Labute approximate surface area is 312 Å². The summed E-state index contributed by atoms with van der Waals surface area (Å²) in [6.07, 6.45) is 3.22. The number of fused-ring (bicyclic) bond motifs is 5. The van der Waals surface area contributed by atoms with Crippen molar-refractivity contribution in [1.29, 1.82) is 0 Å². The highest BCUT2D eigenvalue weighted by Crippen LogP contribution is 2.26. The molecule has 0 radical (unpaired) electrons. The molecule has 54 heavy (non-hydrogen) atoms. The van der Waals surface area contributed by atoms with Crippen LogP contribution in [0.15, 0.2) is 51.7 Å². The minimum absolute atomic E-state index is 0.0275. The zero-order chi connectivity index (χ0) is 38.7. The number of oxazole rings is 2. The first-order valence-corrected chi connectivity index (χ1v) is 18.2. The number of rotatable bonds is 8. The lowest BCUT2D eigenvalue weighted by atomic mass is 10.0. The van der Waals surface area contributed by atoms with Gasteiger partial charge in [-0.05, 0) is 57.6 Å². The molecule has 16 nitrogen and oxygen atoms in total. The first-order chi connectivity index (χ1) is 25.8. The van der Waals surface area contributed by atoms with E-state index in [4.69, 9.17) is 8.83 Å². The van der Waals surface area contributed by atoms with Crippen LogP contribution in [0.25, 0.3) is 0 Å². The minimum Gasteiger partial charge on any atom is -0.446 e. The van der Waals surface area contributed by atoms with E-state index in [0.29, 0.717) is 13.0 Å². The average molecular weight is 742 g/mol. The summed E-state index contributed by atoms with van der Waals surface area (Å²) in [5.41, 5.74) is 3.67. The number of carbonyl (C=O) groups is 5. The summed E-state index contributed by atoms with van der Waals surface area (Å²) in [6.45, 7) is 11.8. The highest BCUT2D eigenvalue weighted by Gasteiger charge is 2.42. The Morgan fingerprint density at radius 3 is 2.33 bits per heavy atom. The summed E-state index contributed by atoms with van der Waals surface area (Å²) < 4.78 is 13.2. The maximum atomic E-state index is 14.3. The van der Waals surface area contributed by atoms with E-state index in [-0.39, 0.29) is 60.8 Å². The molecule has 286 valence electrons. The van der Waals surface area contributed by atoms with Crippen LogP contribution in [-0.2, 0) is 27.3 Å². The molecule has 5 amide bonds. The smallest absolute Gasteiger partial charge is 0.276 e. The normalized spacial score (nSPS) is 22.3. The fourth-order valence-corrected chi connectivity index (χ4v) is 6.84. The van der Waals surface area contributed by atoms with Crippen molar-refractivity contribution in [3.05, 3.63) is 88.5 Å². The van der Waals surface area contributed by atoms with Gasteiger partial charge in [0.15, 0.2) is 11.4 Å². The van der Waals surface area contributed by atoms with Gasteiger partial charge in [0.2, 0.25) is 29.5 Å². The van der Waals surface area contributed by atoms with Gasteiger partial charge in [-0.1, -0.05) is 44.2 Å². The fourth-order valence-electron chi connectivity index (χ4n) is 6.84. The highest BCUT2D eigenvalue weighted by atomic mass is 16.3. The van der Waals surface area contributed by atoms with Crippen molar-refractivity contribution in [1.82, 2.24) is 45.9 Å². The molecule has 4 aromatic rings. The number of nitrogens with one attached hydrogen (secondary N) is 4. The summed E-state index contributed by atoms with van der Waals surface area (Å²) in [6, 6.07) is 5.25. The monoisotopic (exact) mass is 741 g/mol. The van der Waals surface area contributed by atoms with Crippen LogP contribution >= 0.6 is 0 Å². The molecule has 0 unspecified atom stereocenters. The molecule has 4 N–H and O–H groups in total. The lowest BCUT2D eigenvalue weighted by molar-refractivity contribution is -0.126. The van der Waals surface area contributed by atoms with Crippen molar-refractivity contribution in [2.75, 3.05) is 6.54 Å². The van der Waals surface area contributed by atoms with E-state index in [1.165, 1.54) is 17.4 Å². The van der Waals surface area contributed by atoms with Crippen molar-refractivity contribution < 1.29 is 32.8 Å². The van der Waals surface area contributed by atoms with E-state index in [9.17, 15) is 24.0 Å². The second-order valence-corrected chi connectivity index (χ2v) is 14.5. The van der Waals surface area contributed by atoms with Gasteiger partial charge in [-0.2, -0.15) is 5.10 Å².